The zero-order chi connectivity index (χ0) is 11.3. The zero-order valence-electron chi connectivity index (χ0n) is 9.67. The van der Waals surface area contributed by atoms with Crippen LogP contribution < -0.4 is 0 Å². The van der Waals surface area contributed by atoms with Crippen LogP contribution in [-0.4, -0.2) is 13.1 Å². The molecule has 1 aromatic carbocycles. The van der Waals surface area contributed by atoms with Crippen molar-refractivity contribution in [2.45, 2.75) is 33.1 Å². The van der Waals surface area contributed by atoms with Crippen molar-refractivity contribution in [1.82, 2.24) is 0 Å². The zero-order valence-corrected chi connectivity index (χ0v) is 9.67. The van der Waals surface area contributed by atoms with Gasteiger partial charge in [0, 0.05) is 0 Å². The fourth-order valence-corrected chi connectivity index (χ4v) is 1.60. The predicted molar refractivity (Wildman–Crippen MR) is 61.1 cm³/mol. The van der Waals surface area contributed by atoms with E-state index in [4.69, 9.17) is 4.74 Å². The molecule has 0 heterocycles. The SMILES string of the molecule is CCCCc1ccc(C(=O)OC)c(C)c1. The largest absolute Gasteiger partial charge is 0.465 e. The van der Waals surface area contributed by atoms with Crippen LogP contribution in [0.25, 0.3) is 0 Å². The number of carbonyl (C=O) groups excluding carboxylic acids is 1. The molecule has 0 unspecified atom stereocenters. The Kier molecular flexibility index (Phi) is 4.35. The van der Waals surface area contributed by atoms with Gasteiger partial charge in [-0.2, -0.15) is 0 Å². The summed E-state index contributed by atoms with van der Waals surface area (Å²) in [7, 11) is 1.41. The minimum atomic E-state index is -0.255. The third-order valence-electron chi connectivity index (χ3n) is 2.52. The highest BCUT2D eigenvalue weighted by Crippen LogP contribution is 2.14. The van der Waals surface area contributed by atoms with Crippen molar-refractivity contribution in [3.05, 3.63) is 34.9 Å². The van der Waals surface area contributed by atoms with E-state index in [9.17, 15) is 4.79 Å². The highest BCUT2D eigenvalue weighted by atomic mass is 16.5. The molecule has 2 nitrogen and oxygen atoms in total. The number of aryl methyl sites for hydroxylation is 2. The molecule has 0 aliphatic heterocycles. The van der Waals surface area contributed by atoms with Gasteiger partial charge in [0.1, 0.15) is 0 Å². The van der Waals surface area contributed by atoms with Crippen LogP contribution in [0.2, 0.25) is 0 Å². The second-order valence-corrected chi connectivity index (χ2v) is 3.74. The molecule has 0 fully saturated rings. The lowest BCUT2D eigenvalue weighted by molar-refractivity contribution is 0.0600. The normalized spacial score (nSPS) is 10.1. The van der Waals surface area contributed by atoms with Crippen LogP contribution in [0.1, 0.15) is 41.3 Å². The first kappa shape index (κ1) is 11.8. The van der Waals surface area contributed by atoms with E-state index in [-0.39, 0.29) is 5.97 Å². The third kappa shape index (κ3) is 3.08. The first-order valence-electron chi connectivity index (χ1n) is 5.37. The average molecular weight is 206 g/mol. The minimum absolute atomic E-state index is 0.255. The number of carbonyl (C=O) groups is 1. The molecule has 0 spiro atoms. The minimum Gasteiger partial charge on any atom is -0.465 e. The van der Waals surface area contributed by atoms with Crippen LogP contribution >= 0.6 is 0 Å². The van der Waals surface area contributed by atoms with Gasteiger partial charge in [0.05, 0.1) is 12.7 Å². The third-order valence-corrected chi connectivity index (χ3v) is 2.52. The van der Waals surface area contributed by atoms with E-state index in [1.807, 2.05) is 19.1 Å². The van der Waals surface area contributed by atoms with Gasteiger partial charge in [0.15, 0.2) is 0 Å². The van der Waals surface area contributed by atoms with Gasteiger partial charge < -0.3 is 4.74 Å². The molecule has 1 aromatic rings. The fourth-order valence-electron chi connectivity index (χ4n) is 1.60. The Morgan fingerprint density at radius 3 is 2.67 bits per heavy atom. The molecule has 0 N–H and O–H groups in total. The molecule has 0 atom stereocenters. The topological polar surface area (TPSA) is 26.3 Å². The Morgan fingerprint density at radius 1 is 1.40 bits per heavy atom. The smallest absolute Gasteiger partial charge is 0.338 e. The molecule has 0 saturated carbocycles. The van der Waals surface area contributed by atoms with E-state index in [0.29, 0.717) is 5.56 Å². The first-order valence-corrected chi connectivity index (χ1v) is 5.37. The summed E-state index contributed by atoms with van der Waals surface area (Å²) in [6.07, 6.45) is 3.47. The van der Waals surface area contributed by atoms with Crippen LogP contribution in [0, 0.1) is 6.92 Å². The molecule has 2 heteroatoms. The summed E-state index contributed by atoms with van der Waals surface area (Å²) < 4.78 is 4.70. The maximum Gasteiger partial charge on any atom is 0.338 e. The van der Waals surface area contributed by atoms with Gasteiger partial charge in [0.25, 0.3) is 0 Å². The number of hydrogen-bond acceptors (Lipinski definition) is 2. The van der Waals surface area contributed by atoms with E-state index >= 15 is 0 Å². The van der Waals surface area contributed by atoms with Crippen LogP contribution in [0.5, 0.6) is 0 Å². The van der Waals surface area contributed by atoms with Gasteiger partial charge >= 0.3 is 5.97 Å². The number of rotatable bonds is 4. The van der Waals surface area contributed by atoms with Gasteiger partial charge in [-0.1, -0.05) is 25.5 Å². The van der Waals surface area contributed by atoms with Gasteiger partial charge in [-0.15, -0.1) is 0 Å². The van der Waals surface area contributed by atoms with Gasteiger partial charge in [-0.3, -0.25) is 0 Å². The van der Waals surface area contributed by atoms with Crippen molar-refractivity contribution in [3.63, 3.8) is 0 Å². The van der Waals surface area contributed by atoms with Crippen LogP contribution in [0.15, 0.2) is 18.2 Å². The number of benzene rings is 1. The summed E-state index contributed by atoms with van der Waals surface area (Å²) in [4.78, 5) is 11.3. The second-order valence-electron chi connectivity index (χ2n) is 3.74. The molecule has 0 aliphatic carbocycles. The second kappa shape index (κ2) is 5.54. The maximum absolute atomic E-state index is 11.3. The summed E-state index contributed by atoms with van der Waals surface area (Å²) >= 11 is 0. The maximum atomic E-state index is 11.3. The van der Waals surface area contributed by atoms with E-state index in [1.54, 1.807) is 0 Å². The molecule has 0 radical (unpaired) electrons. The van der Waals surface area contributed by atoms with Crippen LogP contribution in [0.4, 0.5) is 0 Å². The van der Waals surface area contributed by atoms with E-state index in [1.165, 1.54) is 25.5 Å². The lowest BCUT2D eigenvalue weighted by atomic mass is 10.0. The molecule has 1 rings (SSSR count). The van der Waals surface area contributed by atoms with Crippen molar-refractivity contribution in [2.75, 3.05) is 7.11 Å². The predicted octanol–water partition coefficient (Wildman–Crippen LogP) is 3.12. The highest BCUT2D eigenvalue weighted by molar-refractivity contribution is 5.90. The van der Waals surface area contributed by atoms with Gasteiger partial charge in [-0.05, 0) is 37.0 Å². The molecule has 0 aromatic heterocycles. The molecule has 0 saturated heterocycles. The van der Waals surface area contributed by atoms with Crippen molar-refractivity contribution < 1.29 is 9.53 Å². The summed E-state index contributed by atoms with van der Waals surface area (Å²) in [5.41, 5.74) is 2.95. The molecule has 15 heavy (non-hydrogen) atoms. The number of methoxy groups -OCH3 is 1. The van der Waals surface area contributed by atoms with Crippen LogP contribution in [0.3, 0.4) is 0 Å². The summed E-state index contributed by atoms with van der Waals surface area (Å²) in [6.45, 7) is 4.12. The number of esters is 1. The first-order chi connectivity index (χ1) is 7.19. The number of unbranched alkanes of at least 4 members (excludes halogenated alkanes) is 1. The Morgan fingerprint density at radius 2 is 2.13 bits per heavy atom. The average Bonchev–Trinajstić information content (AvgIpc) is 2.25. The molecule has 0 bridgehead atoms. The summed E-state index contributed by atoms with van der Waals surface area (Å²) in [5.74, 6) is -0.255. The van der Waals surface area contributed by atoms with Crippen molar-refractivity contribution in [1.29, 1.82) is 0 Å². The molecule has 0 amide bonds. The Bertz CT molecular complexity index is 342. The number of ether oxygens (including phenoxy) is 1. The van der Waals surface area contributed by atoms with Crippen molar-refractivity contribution in [3.8, 4) is 0 Å². The van der Waals surface area contributed by atoms with Crippen LogP contribution in [-0.2, 0) is 11.2 Å². The van der Waals surface area contributed by atoms with Gasteiger partial charge in [-0.25, -0.2) is 4.79 Å². The Hall–Kier alpha value is -1.31. The summed E-state index contributed by atoms with van der Waals surface area (Å²) in [6, 6.07) is 5.93. The highest BCUT2D eigenvalue weighted by Gasteiger charge is 2.08. The Balaban J connectivity index is 2.83. The lowest BCUT2D eigenvalue weighted by Crippen LogP contribution is -2.04. The number of hydrogen-bond donors (Lipinski definition) is 0. The summed E-state index contributed by atoms with van der Waals surface area (Å²) in [5, 5.41) is 0. The van der Waals surface area contributed by atoms with Crippen molar-refractivity contribution in [2.24, 2.45) is 0 Å². The van der Waals surface area contributed by atoms with E-state index < -0.39 is 0 Å². The Labute approximate surface area is 91.3 Å². The molecular weight excluding hydrogens is 188 g/mol. The standard InChI is InChI=1S/C13H18O2/c1-4-5-6-11-7-8-12(10(2)9-11)13(14)15-3/h7-9H,4-6H2,1-3H3. The van der Waals surface area contributed by atoms with Crippen molar-refractivity contribution >= 4 is 5.97 Å². The molecule has 0 aliphatic rings. The monoisotopic (exact) mass is 206 g/mol. The molecular formula is C13H18O2. The van der Waals surface area contributed by atoms with E-state index in [0.717, 1.165) is 12.0 Å². The molecule has 82 valence electrons. The quantitative estimate of drug-likeness (QED) is 0.707. The lowest BCUT2D eigenvalue weighted by Gasteiger charge is -2.06. The fraction of sp³-hybridized carbons (Fsp3) is 0.462. The van der Waals surface area contributed by atoms with Gasteiger partial charge in [0.2, 0.25) is 0 Å². The van der Waals surface area contributed by atoms with E-state index in [2.05, 4.69) is 13.0 Å².